The van der Waals surface area contributed by atoms with Gasteiger partial charge in [-0.2, -0.15) is 0 Å². The molecule has 1 heterocycles. The molecule has 1 aromatic heterocycles. The number of nitrogens with one attached hydrogen (secondary N) is 1. The Morgan fingerprint density at radius 3 is 2.58 bits per heavy atom. The molecule has 0 atom stereocenters. The Kier molecular flexibility index (Phi) is 5.41. The van der Waals surface area contributed by atoms with Crippen LogP contribution in [0.1, 0.15) is 23.3 Å². The average molecular weight is 417 g/mol. The molecule has 0 bridgehead atoms. The lowest BCUT2D eigenvalue weighted by Gasteiger charge is -2.07. The first-order chi connectivity index (χ1) is 14.9. The van der Waals surface area contributed by atoms with Gasteiger partial charge in [-0.1, -0.05) is 12.1 Å². The van der Waals surface area contributed by atoms with Gasteiger partial charge in [-0.15, -0.1) is 0 Å². The van der Waals surface area contributed by atoms with Crippen molar-refractivity contribution >= 4 is 40.2 Å². The molecule has 2 aromatic carbocycles. The average Bonchev–Trinajstić information content (AvgIpc) is 3.15. The lowest BCUT2D eigenvalue weighted by Crippen LogP contribution is -2.11. The van der Waals surface area contributed by atoms with Crippen molar-refractivity contribution in [2.45, 2.75) is 12.8 Å². The Bertz CT molecular complexity index is 1300. The first-order valence-electron chi connectivity index (χ1n) is 9.61. The predicted octanol–water partition coefficient (Wildman–Crippen LogP) is 3.87. The summed E-state index contributed by atoms with van der Waals surface area (Å²) >= 11 is 0. The van der Waals surface area contributed by atoms with Gasteiger partial charge in [0.05, 0.1) is 12.5 Å². The van der Waals surface area contributed by atoms with Crippen LogP contribution in [0.25, 0.3) is 22.6 Å². The second-order valence-corrected chi connectivity index (χ2v) is 7.05. The third kappa shape index (κ3) is 4.25. The monoisotopic (exact) mass is 417 g/mol. The minimum Gasteiger partial charge on any atom is -0.497 e. The molecule has 0 saturated carbocycles. The third-order valence-electron chi connectivity index (χ3n) is 5.02. The number of aliphatic carboxylic acids is 1. The van der Waals surface area contributed by atoms with Gasteiger partial charge in [0.1, 0.15) is 17.1 Å². The lowest BCUT2D eigenvalue weighted by atomic mass is 10.1. The van der Waals surface area contributed by atoms with Crippen LogP contribution in [0, 0.1) is 0 Å². The molecule has 1 aliphatic rings. The van der Waals surface area contributed by atoms with Crippen molar-refractivity contribution in [3.63, 3.8) is 0 Å². The van der Waals surface area contributed by atoms with Gasteiger partial charge >= 0.3 is 5.97 Å². The number of carboxylic acid groups (broad SMARTS) is 1. The number of methoxy groups -OCH3 is 1. The molecular formula is C24H19NO6. The number of rotatable bonds is 5. The normalized spacial score (nSPS) is 14.2. The predicted molar refractivity (Wildman–Crippen MR) is 117 cm³/mol. The summed E-state index contributed by atoms with van der Waals surface area (Å²) in [5.74, 6) is -0.487. The largest absolute Gasteiger partial charge is 0.497 e. The maximum absolute atomic E-state index is 12.9. The van der Waals surface area contributed by atoms with E-state index in [-0.39, 0.29) is 5.43 Å². The van der Waals surface area contributed by atoms with Crippen LogP contribution in [-0.2, 0) is 16.0 Å². The molecule has 31 heavy (non-hydrogen) atoms. The molecule has 0 aliphatic heterocycles. The van der Waals surface area contributed by atoms with Crippen LogP contribution in [0.2, 0.25) is 0 Å². The highest BCUT2D eigenvalue weighted by Crippen LogP contribution is 2.34. The molecule has 0 unspecified atom stereocenters. The minimum atomic E-state index is -1.22. The summed E-state index contributed by atoms with van der Waals surface area (Å²) < 4.78 is 11.3. The fraction of sp³-hybridized carbons (Fsp3) is 0.125. The van der Waals surface area contributed by atoms with E-state index >= 15 is 0 Å². The van der Waals surface area contributed by atoms with Gasteiger partial charge in [0.25, 0.3) is 0 Å². The number of amides is 1. The number of fused-ring (bicyclic) bond motifs is 2. The fourth-order valence-corrected chi connectivity index (χ4v) is 3.54. The molecule has 1 aliphatic carbocycles. The number of allylic oxidation sites excluding steroid dienone is 1. The second kappa shape index (κ2) is 8.31. The SMILES string of the molecule is COc1ccc(/C=C2\CCc3c2oc2cc(NC(=O)/C=C/C(=O)O)ccc2c3=O)cc1. The summed E-state index contributed by atoms with van der Waals surface area (Å²) in [6.07, 6.45) is 4.96. The first-order valence-corrected chi connectivity index (χ1v) is 9.61. The van der Waals surface area contributed by atoms with Crippen molar-refractivity contribution in [3.8, 4) is 5.75 Å². The van der Waals surface area contributed by atoms with Crippen LogP contribution in [-0.4, -0.2) is 24.1 Å². The number of carbonyl (C=O) groups is 2. The van der Waals surface area contributed by atoms with Crippen LogP contribution >= 0.6 is 0 Å². The summed E-state index contributed by atoms with van der Waals surface area (Å²) in [4.78, 5) is 35.3. The number of carboxylic acids is 1. The molecule has 2 N–H and O–H groups in total. The van der Waals surface area contributed by atoms with E-state index in [9.17, 15) is 14.4 Å². The quantitative estimate of drug-likeness (QED) is 0.611. The topological polar surface area (TPSA) is 106 Å². The maximum Gasteiger partial charge on any atom is 0.328 e. The van der Waals surface area contributed by atoms with Crippen LogP contribution in [0.3, 0.4) is 0 Å². The van der Waals surface area contributed by atoms with Crippen LogP contribution < -0.4 is 15.5 Å². The van der Waals surface area contributed by atoms with E-state index in [1.54, 1.807) is 25.3 Å². The Balaban J connectivity index is 1.69. The van der Waals surface area contributed by atoms with Crippen molar-refractivity contribution in [2.75, 3.05) is 12.4 Å². The molecule has 156 valence electrons. The molecular weight excluding hydrogens is 398 g/mol. The van der Waals surface area contributed by atoms with E-state index in [2.05, 4.69) is 5.32 Å². The second-order valence-electron chi connectivity index (χ2n) is 7.05. The zero-order valence-corrected chi connectivity index (χ0v) is 16.7. The summed E-state index contributed by atoms with van der Waals surface area (Å²) in [5.41, 5.74) is 3.21. The van der Waals surface area contributed by atoms with Crippen molar-refractivity contribution in [3.05, 3.63) is 81.7 Å². The number of hydrogen-bond acceptors (Lipinski definition) is 5. The number of ether oxygens (including phenoxy) is 1. The summed E-state index contributed by atoms with van der Waals surface area (Å²) in [6.45, 7) is 0. The summed E-state index contributed by atoms with van der Waals surface area (Å²) in [5, 5.41) is 11.6. The van der Waals surface area contributed by atoms with E-state index < -0.39 is 11.9 Å². The first kappa shape index (κ1) is 20.2. The molecule has 7 heteroatoms. The highest BCUT2D eigenvalue weighted by atomic mass is 16.5. The standard InChI is InChI=1S/C24H19NO6/c1-30-17-6-2-14(3-7-17)12-15-4-8-19-23(29)18-9-5-16(13-20(18)31-24(15)19)25-21(26)10-11-22(27)28/h2-3,5-7,9-13H,4,8H2,1H3,(H,25,26)(H,27,28)/b11-10+,15-12+. The van der Waals surface area contributed by atoms with Gasteiger partial charge in [0.15, 0.2) is 5.43 Å². The maximum atomic E-state index is 12.9. The Labute approximate surface area is 177 Å². The fourth-order valence-electron chi connectivity index (χ4n) is 3.54. The van der Waals surface area contributed by atoms with Crippen molar-refractivity contribution < 1.29 is 23.8 Å². The van der Waals surface area contributed by atoms with Gasteiger partial charge in [-0.25, -0.2) is 4.79 Å². The van der Waals surface area contributed by atoms with Gasteiger partial charge in [0, 0.05) is 29.5 Å². The third-order valence-corrected chi connectivity index (χ3v) is 5.02. The van der Waals surface area contributed by atoms with E-state index in [4.69, 9.17) is 14.3 Å². The van der Waals surface area contributed by atoms with Crippen molar-refractivity contribution in [1.29, 1.82) is 0 Å². The van der Waals surface area contributed by atoms with E-state index in [0.717, 1.165) is 29.0 Å². The van der Waals surface area contributed by atoms with Gasteiger partial charge in [-0.3, -0.25) is 9.59 Å². The Morgan fingerprint density at radius 1 is 1.10 bits per heavy atom. The molecule has 0 fully saturated rings. The Hall–Kier alpha value is -4.13. The summed E-state index contributed by atoms with van der Waals surface area (Å²) in [7, 11) is 1.61. The zero-order valence-electron chi connectivity index (χ0n) is 16.7. The lowest BCUT2D eigenvalue weighted by molar-refractivity contribution is -0.131. The van der Waals surface area contributed by atoms with Crippen molar-refractivity contribution in [2.24, 2.45) is 0 Å². The highest BCUT2D eigenvalue weighted by Gasteiger charge is 2.24. The van der Waals surface area contributed by atoms with E-state index in [1.807, 2.05) is 30.3 Å². The molecule has 1 amide bonds. The zero-order chi connectivity index (χ0) is 22.0. The smallest absolute Gasteiger partial charge is 0.328 e. The molecule has 7 nitrogen and oxygen atoms in total. The molecule has 4 rings (SSSR count). The van der Waals surface area contributed by atoms with Crippen LogP contribution in [0.4, 0.5) is 5.69 Å². The van der Waals surface area contributed by atoms with E-state index in [0.29, 0.717) is 40.8 Å². The molecule has 0 radical (unpaired) electrons. The van der Waals surface area contributed by atoms with Gasteiger partial charge in [-0.05, 0) is 54.3 Å². The molecule has 0 saturated heterocycles. The number of hydrogen-bond donors (Lipinski definition) is 2. The van der Waals surface area contributed by atoms with Crippen molar-refractivity contribution in [1.82, 2.24) is 0 Å². The number of carbonyl (C=O) groups excluding carboxylic acids is 1. The van der Waals surface area contributed by atoms with Gasteiger partial charge < -0.3 is 19.6 Å². The Morgan fingerprint density at radius 2 is 1.87 bits per heavy atom. The van der Waals surface area contributed by atoms with Crippen LogP contribution in [0.5, 0.6) is 5.75 Å². The van der Waals surface area contributed by atoms with E-state index in [1.165, 1.54) is 0 Å². The van der Waals surface area contributed by atoms with Crippen LogP contribution in [0.15, 0.2) is 63.8 Å². The van der Waals surface area contributed by atoms with Gasteiger partial charge in [0.2, 0.25) is 5.91 Å². The molecule has 0 spiro atoms. The highest BCUT2D eigenvalue weighted by molar-refractivity contribution is 6.03. The summed E-state index contributed by atoms with van der Waals surface area (Å²) in [6, 6.07) is 12.3. The number of benzene rings is 2. The minimum absolute atomic E-state index is 0.0852. The number of anilines is 1. The molecule has 3 aromatic rings.